The first-order valence-corrected chi connectivity index (χ1v) is 12.0. The van der Waals surface area contributed by atoms with Gasteiger partial charge in [0.1, 0.15) is 13.2 Å². The summed E-state index contributed by atoms with van der Waals surface area (Å²) in [7, 11) is 0. The van der Waals surface area contributed by atoms with Crippen LogP contribution in [0, 0.1) is 18.3 Å². The van der Waals surface area contributed by atoms with E-state index in [4.69, 9.17) is 11.2 Å². The van der Waals surface area contributed by atoms with Crippen molar-refractivity contribution in [3.05, 3.63) is 59.7 Å². The van der Waals surface area contributed by atoms with Gasteiger partial charge in [-0.1, -0.05) is 73.7 Å². The number of ether oxygens (including phenoxy) is 1. The summed E-state index contributed by atoms with van der Waals surface area (Å²) in [5, 5.41) is 12.1. The van der Waals surface area contributed by atoms with Crippen molar-refractivity contribution in [2.24, 2.45) is 5.92 Å². The van der Waals surface area contributed by atoms with E-state index in [1.165, 1.54) is 4.90 Å². The number of benzene rings is 2. The largest absolute Gasteiger partial charge is 0.480 e. The average Bonchev–Trinajstić information content (AvgIpc) is 2.98. The topological polar surface area (TPSA) is 95.9 Å². The molecular formula is C28H30N2O5. The summed E-state index contributed by atoms with van der Waals surface area (Å²) in [6, 6.07) is 15.8. The first kappa shape index (κ1) is 24.3. The first-order chi connectivity index (χ1) is 17.0. The summed E-state index contributed by atoms with van der Waals surface area (Å²) >= 11 is 0. The number of carboxylic acids is 1. The molecule has 2 aliphatic rings. The van der Waals surface area contributed by atoms with E-state index < -0.39 is 30.6 Å². The molecule has 0 heterocycles. The van der Waals surface area contributed by atoms with Crippen LogP contribution in [0.25, 0.3) is 11.1 Å². The van der Waals surface area contributed by atoms with Crippen LogP contribution in [0.3, 0.4) is 0 Å². The van der Waals surface area contributed by atoms with Gasteiger partial charge in [0.15, 0.2) is 0 Å². The molecule has 0 spiro atoms. The van der Waals surface area contributed by atoms with Crippen LogP contribution >= 0.6 is 0 Å². The van der Waals surface area contributed by atoms with Gasteiger partial charge in [0.05, 0.1) is 12.5 Å². The van der Waals surface area contributed by atoms with Crippen LogP contribution in [0.2, 0.25) is 0 Å². The third-order valence-corrected chi connectivity index (χ3v) is 6.90. The zero-order chi connectivity index (χ0) is 24.8. The summed E-state index contributed by atoms with van der Waals surface area (Å²) in [4.78, 5) is 38.5. The predicted molar refractivity (Wildman–Crippen MR) is 132 cm³/mol. The number of carbonyl (C=O) groups is 3. The molecule has 7 nitrogen and oxygen atoms in total. The van der Waals surface area contributed by atoms with E-state index in [9.17, 15) is 19.5 Å². The lowest BCUT2D eigenvalue weighted by molar-refractivity contribution is -0.146. The Morgan fingerprint density at radius 1 is 1.00 bits per heavy atom. The Balaban J connectivity index is 1.44. The van der Waals surface area contributed by atoms with Crippen LogP contribution in [-0.2, 0) is 14.3 Å². The van der Waals surface area contributed by atoms with Gasteiger partial charge in [-0.3, -0.25) is 9.59 Å². The van der Waals surface area contributed by atoms with Crippen LogP contribution in [0.15, 0.2) is 48.5 Å². The molecule has 182 valence electrons. The maximum absolute atomic E-state index is 13.2. The number of carbonyl (C=O) groups excluding carboxylic acids is 2. The molecule has 2 aromatic carbocycles. The molecule has 0 bridgehead atoms. The lowest BCUT2D eigenvalue weighted by Crippen LogP contribution is -2.49. The monoisotopic (exact) mass is 474 g/mol. The minimum atomic E-state index is -1.12. The smallest absolute Gasteiger partial charge is 0.407 e. The highest BCUT2D eigenvalue weighted by Gasteiger charge is 2.35. The van der Waals surface area contributed by atoms with Crippen LogP contribution < -0.4 is 5.32 Å². The molecule has 1 fully saturated rings. The maximum Gasteiger partial charge on any atom is 0.407 e. The first-order valence-electron chi connectivity index (χ1n) is 12.0. The minimum Gasteiger partial charge on any atom is -0.480 e. The minimum absolute atomic E-state index is 0.0543. The van der Waals surface area contributed by atoms with Gasteiger partial charge in [-0.2, -0.15) is 0 Å². The van der Waals surface area contributed by atoms with E-state index in [2.05, 4.69) is 35.5 Å². The number of alkyl carbamates (subject to hydrolysis) is 1. The predicted octanol–water partition coefficient (Wildman–Crippen LogP) is 4.02. The van der Waals surface area contributed by atoms with Crippen molar-refractivity contribution < 1.29 is 24.2 Å². The molecule has 2 aliphatic carbocycles. The van der Waals surface area contributed by atoms with Gasteiger partial charge >= 0.3 is 12.1 Å². The molecule has 2 amide bonds. The third kappa shape index (κ3) is 5.48. The van der Waals surface area contributed by atoms with Crippen molar-refractivity contribution in [2.45, 2.75) is 44.1 Å². The van der Waals surface area contributed by atoms with Gasteiger partial charge in [0.25, 0.3) is 0 Å². The van der Waals surface area contributed by atoms with Crippen molar-refractivity contribution in [1.29, 1.82) is 0 Å². The molecule has 0 radical (unpaired) electrons. The van der Waals surface area contributed by atoms with Crippen LogP contribution in [0.4, 0.5) is 4.79 Å². The lowest BCUT2D eigenvalue weighted by Gasteiger charge is -2.29. The number of amides is 2. The molecule has 0 saturated heterocycles. The number of fused-ring (bicyclic) bond motifs is 3. The Bertz CT molecular complexity index is 1090. The van der Waals surface area contributed by atoms with Gasteiger partial charge in [-0.05, 0) is 35.1 Å². The highest BCUT2D eigenvalue weighted by molar-refractivity contribution is 5.84. The standard InChI is InChI=1S/C28H30N2O5/c1-2-16-30(17-26(31)32)27(33)23-14-4-3-5-15-25(23)29-28(34)35-18-24-21-12-8-6-10-19(21)20-11-7-9-13-22(20)24/h1,6-13,23-25H,3-5,14-18H2,(H,29,34)(H,31,32). The molecule has 2 aromatic rings. The Kier molecular flexibility index (Phi) is 7.71. The molecule has 35 heavy (non-hydrogen) atoms. The molecule has 1 saturated carbocycles. The Hall–Kier alpha value is -3.79. The van der Waals surface area contributed by atoms with Gasteiger partial charge in [0, 0.05) is 12.0 Å². The molecule has 2 unspecified atom stereocenters. The Labute approximate surface area is 205 Å². The maximum atomic E-state index is 13.2. The fourth-order valence-electron chi connectivity index (χ4n) is 5.29. The summed E-state index contributed by atoms with van der Waals surface area (Å²) in [6.07, 6.45) is 8.62. The number of nitrogens with zero attached hydrogens (tertiary/aromatic N) is 1. The number of terminal acetylenes is 1. The van der Waals surface area contributed by atoms with Crippen molar-refractivity contribution in [3.8, 4) is 23.5 Å². The fourth-order valence-corrected chi connectivity index (χ4v) is 5.29. The molecule has 0 aliphatic heterocycles. The van der Waals surface area contributed by atoms with Gasteiger partial charge in [-0.25, -0.2) is 4.79 Å². The second-order valence-electron chi connectivity index (χ2n) is 9.11. The fraction of sp³-hybridized carbons (Fsp3) is 0.393. The lowest BCUT2D eigenvalue weighted by atomic mass is 9.93. The number of hydrogen-bond donors (Lipinski definition) is 2. The third-order valence-electron chi connectivity index (χ3n) is 6.90. The second-order valence-corrected chi connectivity index (χ2v) is 9.11. The average molecular weight is 475 g/mol. The van der Waals surface area contributed by atoms with E-state index in [0.717, 1.165) is 41.5 Å². The molecule has 4 rings (SSSR count). The summed E-state index contributed by atoms with van der Waals surface area (Å²) in [5.41, 5.74) is 4.56. The van der Waals surface area contributed by atoms with Crippen molar-refractivity contribution in [1.82, 2.24) is 10.2 Å². The zero-order valence-corrected chi connectivity index (χ0v) is 19.6. The second kappa shape index (κ2) is 11.1. The number of carboxylic acid groups (broad SMARTS) is 1. The molecule has 0 aromatic heterocycles. The van der Waals surface area contributed by atoms with Crippen LogP contribution in [-0.4, -0.2) is 53.7 Å². The van der Waals surface area contributed by atoms with Crippen molar-refractivity contribution in [3.63, 3.8) is 0 Å². The van der Waals surface area contributed by atoms with E-state index in [0.29, 0.717) is 12.8 Å². The van der Waals surface area contributed by atoms with E-state index in [1.807, 2.05) is 24.3 Å². The normalized spacial score (nSPS) is 18.9. The number of aliphatic carboxylic acids is 1. The van der Waals surface area contributed by atoms with E-state index in [-0.39, 0.29) is 25.0 Å². The SMILES string of the molecule is C#CCN(CC(=O)O)C(=O)C1CCCCCC1NC(=O)OCC1c2ccccc2-c2ccccc21. The number of hydrogen-bond acceptors (Lipinski definition) is 4. The Morgan fingerprint density at radius 3 is 2.26 bits per heavy atom. The molecule has 2 N–H and O–H groups in total. The van der Waals surface area contributed by atoms with Crippen molar-refractivity contribution >= 4 is 18.0 Å². The number of nitrogens with one attached hydrogen (secondary N) is 1. The summed E-state index contributed by atoms with van der Waals surface area (Å²) in [6.45, 7) is -0.357. The van der Waals surface area contributed by atoms with Gasteiger partial charge < -0.3 is 20.1 Å². The van der Waals surface area contributed by atoms with E-state index >= 15 is 0 Å². The zero-order valence-electron chi connectivity index (χ0n) is 19.6. The van der Waals surface area contributed by atoms with Gasteiger partial charge in [-0.15, -0.1) is 6.42 Å². The molecule has 2 atom stereocenters. The quantitative estimate of drug-likeness (QED) is 0.467. The number of rotatable bonds is 7. The Morgan fingerprint density at radius 2 is 1.63 bits per heavy atom. The highest BCUT2D eigenvalue weighted by atomic mass is 16.5. The molecule has 7 heteroatoms. The summed E-state index contributed by atoms with van der Waals surface area (Å²) in [5.74, 6) is 0.312. The van der Waals surface area contributed by atoms with Crippen LogP contribution in [0.1, 0.15) is 49.1 Å². The highest BCUT2D eigenvalue weighted by Crippen LogP contribution is 2.44. The molecular weight excluding hydrogens is 444 g/mol. The van der Waals surface area contributed by atoms with Crippen LogP contribution in [0.5, 0.6) is 0 Å². The van der Waals surface area contributed by atoms with E-state index in [1.54, 1.807) is 0 Å². The van der Waals surface area contributed by atoms with Gasteiger partial charge in [0.2, 0.25) is 5.91 Å². The van der Waals surface area contributed by atoms with Crippen molar-refractivity contribution in [2.75, 3.05) is 19.7 Å². The summed E-state index contributed by atoms with van der Waals surface area (Å²) < 4.78 is 5.68.